The first kappa shape index (κ1) is 15.7. The van der Waals surface area contributed by atoms with E-state index in [2.05, 4.69) is 11.5 Å². The van der Waals surface area contributed by atoms with Gasteiger partial charge in [0.1, 0.15) is 12.2 Å². The van der Waals surface area contributed by atoms with E-state index in [-0.39, 0.29) is 21.1 Å². The Labute approximate surface area is 65.1 Å². The summed E-state index contributed by atoms with van der Waals surface area (Å²) >= 11 is 0. The minimum atomic E-state index is -1.58. The Hall–Kier alpha value is -0.772. The molecule has 7 heteroatoms. The first-order valence-corrected chi connectivity index (χ1v) is 1.39. The summed E-state index contributed by atoms with van der Waals surface area (Å²) in [5.74, 6) is 0. The first-order valence-electron chi connectivity index (χ1n) is 1.39. The second-order valence-electron chi connectivity index (χ2n) is 0.638. The number of carbonyl (C=O) groups is 2. The number of amides is 2. The molecule has 0 spiro atoms. The van der Waals surface area contributed by atoms with Crippen LogP contribution in [0.4, 0.5) is 9.59 Å². The molecule has 0 aromatic carbocycles. The number of rotatable bonds is 0. The van der Waals surface area contributed by atoms with Crippen LogP contribution in [0.3, 0.4) is 0 Å². The molecule has 0 aromatic heterocycles. The molecule has 0 heterocycles. The SMILES string of the molecule is NC(=O)[O-].NC(=O)[O-].[Pt+2]. The van der Waals surface area contributed by atoms with Crippen molar-refractivity contribution in [2.75, 3.05) is 0 Å². The Morgan fingerprint density at radius 3 is 1.00 bits per heavy atom. The van der Waals surface area contributed by atoms with E-state index in [4.69, 9.17) is 19.8 Å². The van der Waals surface area contributed by atoms with Crippen molar-refractivity contribution in [3.8, 4) is 0 Å². The third kappa shape index (κ3) is 332. The van der Waals surface area contributed by atoms with Crippen LogP contribution in [-0.4, -0.2) is 12.2 Å². The minimum Gasteiger partial charge on any atom is -0.530 e. The van der Waals surface area contributed by atoms with E-state index >= 15 is 0 Å². The van der Waals surface area contributed by atoms with Gasteiger partial charge in [0.25, 0.3) is 0 Å². The smallest absolute Gasteiger partial charge is 0.530 e. The fourth-order valence-corrected chi connectivity index (χ4v) is 0. The molecule has 0 aliphatic rings. The molecule has 0 rings (SSSR count). The van der Waals surface area contributed by atoms with Crippen molar-refractivity contribution in [3.05, 3.63) is 0 Å². The Morgan fingerprint density at radius 2 is 1.00 bits per heavy atom. The summed E-state index contributed by atoms with van der Waals surface area (Å²) in [5.41, 5.74) is 7.83. The van der Waals surface area contributed by atoms with E-state index in [1.807, 2.05) is 0 Å². The fraction of sp³-hybridized carbons (Fsp3) is 0. The van der Waals surface area contributed by atoms with Crippen molar-refractivity contribution in [1.82, 2.24) is 0 Å². The molecule has 0 aliphatic carbocycles. The van der Waals surface area contributed by atoms with Crippen molar-refractivity contribution < 1.29 is 40.9 Å². The Morgan fingerprint density at radius 1 is 1.00 bits per heavy atom. The third-order valence-corrected chi connectivity index (χ3v) is 0. The quantitative estimate of drug-likeness (QED) is 0.481. The Bertz CT molecular complexity index is 74.6. The molecule has 0 radical (unpaired) electrons. The topological polar surface area (TPSA) is 132 Å². The van der Waals surface area contributed by atoms with Gasteiger partial charge < -0.3 is 31.3 Å². The molecule has 0 aromatic rings. The van der Waals surface area contributed by atoms with E-state index in [9.17, 15) is 0 Å². The molecule has 56 valence electrons. The number of nitrogens with two attached hydrogens (primary N) is 2. The van der Waals surface area contributed by atoms with Crippen LogP contribution in [0.1, 0.15) is 0 Å². The second kappa shape index (κ2) is 10.3. The van der Waals surface area contributed by atoms with Crippen molar-refractivity contribution in [3.63, 3.8) is 0 Å². The molecule has 0 aliphatic heterocycles. The van der Waals surface area contributed by atoms with E-state index in [0.717, 1.165) is 0 Å². The van der Waals surface area contributed by atoms with Crippen LogP contribution in [0, 0.1) is 0 Å². The maximum absolute atomic E-state index is 8.67. The zero-order chi connectivity index (χ0) is 7.15. The second-order valence-corrected chi connectivity index (χ2v) is 0.638. The number of carboxylic acid groups (broad SMARTS) is 2. The van der Waals surface area contributed by atoms with Crippen LogP contribution in [-0.2, 0) is 21.1 Å². The Kier molecular flexibility index (Phi) is 17.9. The Balaban J connectivity index is -0.0000000720. The summed E-state index contributed by atoms with van der Waals surface area (Å²) in [6, 6.07) is 0. The van der Waals surface area contributed by atoms with Gasteiger partial charge in [-0.2, -0.15) is 0 Å². The van der Waals surface area contributed by atoms with Crippen LogP contribution in [0.2, 0.25) is 0 Å². The van der Waals surface area contributed by atoms with Crippen LogP contribution in [0.25, 0.3) is 0 Å². The largest absolute Gasteiger partial charge is 2.00 e. The van der Waals surface area contributed by atoms with Crippen LogP contribution >= 0.6 is 0 Å². The summed E-state index contributed by atoms with van der Waals surface area (Å²) in [6.45, 7) is 0. The van der Waals surface area contributed by atoms with Crippen molar-refractivity contribution in [2.24, 2.45) is 11.5 Å². The molecule has 0 bridgehead atoms. The summed E-state index contributed by atoms with van der Waals surface area (Å²) in [7, 11) is 0. The average molecular weight is 315 g/mol. The number of hydrogen-bond acceptors (Lipinski definition) is 4. The number of primary amides is 2. The molecular formula is C2H4N2O4Pt. The molecule has 4 N–H and O–H groups in total. The number of hydrogen-bond donors (Lipinski definition) is 2. The van der Waals surface area contributed by atoms with Crippen molar-refractivity contribution in [2.45, 2.75) is 0 Å². The van der Waals surface area contributed by atoms with Crippen molar-refractivity contribution in [1.29, 1.82) is 0 Å². The summed E-state index contributed by atoms with van der Waals surface area (Å²) in [4.78, 5) is 17.3. The van der Waals surface area contributed by atoms with Crippen LogP contribution < -0.4 is 21.7 Å². The maximum atomic E-state index is 8.67. The molecule has 0 saturated heterocycles. The molecule has 0 fully saturated rings. The maximum Gasteiger partial charge on any atom is 2.00 e. The molecule has 2 amide bonds. The minimum absolute atomic E-state index is 0. The summed E-state index contributed by atoms with van der Waals surface area (Å²) < 4.78 is 0. The van der Waals surface area contributed by atoms with Gasteiger partial charge in [-0.05, 0) is 0 Å². The van der Waals surface area contributed by atoms with E-state index in [0.29, 0.717) is 0 Å². The third-order valence-electron chi connectivity index (χ3n) is 0. The van der Waals surface area contributed by atoms with Gasteiger partial charge >= 0.3 is 21.1 Å². The standard InChI is InChI=1S/2CH3NO2.Pt/c2*2-1(3)4;/h2*2H2,(H,3,4);/q;;+2/p-2. The van der Waals surface area contributed by atoms with Gasteiger partial charge in [0.2, 0.25) is 0 Å². The van der Waals surface area contributed by atoms with Gasteiger partial charge in [-0.15, -0.1) is 0 Å². The average Bonchev–Trinajstić information content (AvgIpc) is 1.25. The van der Waals surface area contributed by atoms with Crippen LogP contribution in [0.15, 0.2) is 0 Å². The molecule has 9 heavy (non-hydrogen) atoms. The zero-order valence-corrected chi connectivity index (χ0v) is 6.38. The predicted molar refractivity (Wildman–Crippen MR) is 19.2 cm³/mol. The van der Waals surface area contributed by atoms with Gasteiger partial charge in [-0.1, -0.05) is 0 Å². The van der Waals surface area contributed by atoms with E-state index in [1.165, 1.54) is 0 Å². The first-order chi connectivity index (χ1) is 3.46. The van der Waals surface area contributed by atoms with Crippen molar-refractivity contribution >= 4 is 12.2 Å². The zero-order valence-electron chi connectivity index (χ0n) is 4.10. The normalized spacial score (nSPS) is 5.33. The summed E-state index contributed by atoms with van der Waals surface area (Å²) in [6.07, 6.45) is -3.17. The van der Waals surface area contributed by atoms with Gasteiger partial charge in [-0.3, -0.25) is 0 Å². The van der Waals surface area contributed by atoms with E-state index in [1.54, 1.807) is 0 Å². The monoisotopic (exact) mass is 315 g/mol. The molecule has 0 unspecified atom stereocenters. The van der Waals surface area contributed by atoms with Gasteiger partial charge in [0.05, 0.1) is 0 Å². The van der Waals surface area contributed by atoms with Crippen LogP contribution in [0.5, 0.6) is 0 Å². The summed E-state index contributed by atoms with van der Waals surface area (Å²) in [5, 5.41) is 17.3. The fourth-order valence-electron chi connectivity index (χ4n) is 0. The van der Waals surface area contributed by atoms with Gasteiger partial charge in [0, 0.05) is 0 Å². The predicted octanol–water partition coefficient (Wildman–Crippen LogP) is -3.43. The number of carbonyl (C=O) groups excluding carboxylic acids is 2. The molecule has 0 atom stereocenters. The van der Waals surface area contributed by atoms with Gasteiger partial charge in [0.15, 0.2) is 0 Å². The molecule has 6 nitrogen and oxygen atoms in total. The van der Waals surface area contributed by atoms with E-state index < -0.39 is 12.2 Å². The molecular weight excluding hydrogens is 311 g/mol. The molecule has 0 saturated carbocycles. The van der Waals surface area contributed by atoms with Gasteiger partial charge in [-0.25, -0.2) is 0 Å².